The zero-order valence-corrected chi connectivity index (χ0v) is 13.4. The van der Waals surface area contributed by atoms with Crippen molar-refractivity contribution in [2.45, 2.75) is 38.3 Å². The number of hydrogen-bond donors (Lipinski definition) is 1. The van der Waals surface area contributed by atoms with Crippen molar-refractivity contribution < 1.29 is 9.18 Å². The van der Waals surface area contributed by atoms with Gasteiger partial charge in [-0.3, -0.25) is 9.59 Å². The summed E-state index contributed by atoms with van der Waals surface area (Å²) < 4.78 is 14.3. The zero-order valence-electron chi connectivity index (χ0n) is 12.6. The Labute approximate surface area is 137 Å². The van der Waals surface area contributed by atoms with Gasteiger partial charge in [-0.1, -0.05) is 36.3 Å². The number of benzene rings is 1. The molecule has 23 heavy (non-hydrogen) atoms. The first-order valence-corrected chi connectivity index (χ1v) is 8.57. The maximum atomic E-state index is 13.2. The van der Waals surface area contributed by atoms with E-state index in [9.17, 15) is 14.0 Å². The standard InChI is InChI=1S/C16H18FN3O2S/c17-13-7-5-12(6-8-13)15(11-3-1-2-4-11)19-14(21)9-20-16(22)23-10-18-20/h5-8,10-11,15H,1-4,9H2,(H,19,21)/t15-/m0/s1. The van der Waals surface area contributed by atoms with E-state index in [1.165, 1.54) is 17.6 Å². The van der Waals surface area contributed by atoms with Crippen LogP contribution in [-0.4, -0.2) is 15.7 Å². The van der Waals surface area contributed by atoms with Crippen molar-refractivity contribution in [3.05, 3.63) is 50.8 Å². The molecule has 0 aliphatic heterocycles. The van der Waals surface area contributed by atoms with Gasteiger partial charge in [0.1, 0.15) is 17.9 Å². The maximum absolute atomic E-state index is 13.2. The van der Waals surface area contributed by atoms with Gasteiger partial charge in [-0.2, -0.15) is 5.10 Å². The summed E-state index contributed by atoms with van der Waals surface area (Å²) in [7, 11) is 0. The molecule has 122 valence electrons. The molecule has 0 bridgehead atoms. The molecule has 0 unspecified atom stereocenters. The average Bonchev–Trinajstić information content (AvgIpc) is 3.19. The first-order chi connectivity index (χ1) is 11.1. The molecule has 1 amide bonds. The molecule has 3 rings (SSSR count). The summed E-state index contributed by atoms with van der Waals surface area (Å²) in [5, 5.41) is 6.86. The second kappa shape index (κ2) is 7.04. The summed E-state index contributed by atoms with van der Waals surface area (Å²) in [6.07, 6.45) is 4.37. The van der Waals surface area contributed by atoms with Crippen LogP contribution in [0.1, 0.15) is 37.3 Å². The molecule has 2 aromatic rings. The molecule has 7 heteroatoms. The Bertz CT molecular complexity index is 719. The Balaban J connectivity index is 1.75. The molecule has 0 saturated heterocycles. The van der Waals surface area contributed by atoms with E-state index in [1.807, 2.05) is 0 Å². The van der Waals surface area contributed by atoms with E-state index >= 15 is 0 Å². The minimum atomic E-state index is -0.292. The highest BCUT2D eigenvalue weighted by molar-refractivity contribution is 7.06. The van der Waals surface area contributed by atoms with Crippen LogP contribution in [0.5, 0.6) is 0 Å². The van der Waals surface area contributed by atoms with E-state index in [1.54, 1.807) is 12.1 Å². The fraction of sp³-hybridized carbons (Fsp3) is 0.438. The zero-order chi connectivity index (χ0) is 16.2. The Kier molecular flexibility index (Phi) is 4.85. The lowest BCUT2D eigenvalue weighted by atomic mass is 9.91. The smallest absolute Gasteiger partial charge is 0.325 e. The molecule has 1 atom stereocenters. The van der Waals surface area contributed by atoms with Gasteiger partial charge in [0, 0.05) is 0 Å². The van der Waals surface area contributed by atoms with Gasteiger partial charge in [0.2, 0.25) is 5.91 Å². The number of nitrogens with one attached hydrogen (secondary N) is 1. The molecule has 1 fully saturated rings. The summed E-state index contributed by atoms with van der Waals surface area (Å²) in [5.74, 6) is -0.199. The van der Waals surface area contributed by atoms with Crippen LogP contribution in [0.15, 0.2) is 34.6 Å². The number of hydrogen-bond acceptors (Lipinski definition) is 4. The summed E-state index contributed by atoms with van der Waals surface area (Å²) in [5.41, 5.74) is 2.32. The number of halogens is 1. The highest BCUT2D eigenvalue weighted by Gasteiger charge is 2.28. The summed E-state index contributed by atoms with van der Waals surface area (Å²) in [6.45, 7) is -0.0905. The van der Waals surface area contributed by atoms with Crippen LogP contribution in [-0.2, 0) is 11.3 Å². The lowest BCUT2D eigenvalue weighted by Crippen LogP contribution is -2.36. The molecular formula is C16H18FN3O2S. The first-order valence-electron chi connectivity index (χ1n) is 7.69. The van der Waals surface area contributed by atoms with Gasteiger partial charge in [-0.25, -0.2) is 9.07 Å². The van der Waals surface area contributed by atoms with Crippen molar-refractivity contribution in [2.75, 3.05) is 0 Å². The van der Waals surface area contributed by atoms with Crippen LogP contribution in [0.3, 0.4) is 0 Å². The SMILES string of the molecule is O=C(Cn1ncsc1=O)N[C@H](c1ccc(F)cc1)C1CCCC1. The topological polar surface area (TPSA) is 64.0 Å². The van der Waals surface area contributed by atoms with Crippen molar-refractivity contribution >= 4 is 17.2 Å². The second-order valence-electron chi connectivity index (χ2n) is 5.80. The highest BCUT2D eigenvalue weighted by Crippen LogP contribution is 2.35. The monoisotopic (exact) mass is 335 g/mol. The van der Waals surface area contributed by atoms with Gasteiger partial charge < -0.3 is 5.32 Å². The van der Waals surface area contributed by atoms with Crippen LogP contribution in [0.4, 0.5) is 4.39 Å². The van der Waals surface area contributed by atoms with Gasteiger partial charge in [-0.05, 0) is 36.5 Å². The Morgan fingerprint density at radius 1 is 1.35 bits per heavy atom. The molecule has 1 heterocycles. The highest BCUT2D eigenvalue weighted by atomic mass is 32.1. The van der Waals surface area contributed by atoms with Crippen LogP contribution in [0, 0.1) is 11.7 Å². The molecule has 1 saturated carbocycles. The summed E-state index contributed by atoms with van der Waals surface area (Å²) in [6, 6.07) is 6.10. The van der Waals surface area contributed by atoms with Gasteiger partial charge in [-0.15, -0.1) is 0 Å². The van der Waals surface area contributed by atoms with Gasteiger partial charge in [0.25, 0.3) is 0 Å². The van der Waals surface area contributed by atoms with Crippen LogP contribution in [0.25, 0.3) is 0 Å². The molecule has 0 spiro atoms. The summed E-state index contributed by atoms with van der Waals surface area (Å²) >= 11 is 0.963. The second-order valence-corrected chi connectivity index (χ2v) is 6.60. The molecule has 1 aromatic carbocycles. The van der Waals surface area contributed by atoms with Crippen molar-refractivity contribution in [3.63, 3.8) is 0 Å². The van der Waals surface area contributed by atoms with Gasteiger partial charge in [0.05, 0.1) is 6.04 Å². The third-order valence-corrected chi connectivity index (χ3v) is 4.87. The van der Waals surface area contributed by atoms with Crippen molar-refractivity contribution in [1.29, 1.82) is 0 Å². The summed E-state index contributed by atoms with van der Waals surface area (Å²) in [4.78, 5) is 23.5. The number of nitrogens with zero attached hydrogens (tertiary/aromatic N) is 2. The van der Waals surface area contributed by atoms with Gasteiger partial charge in [0.15, 0.2) is 0 Å². The minimum Gasteiger partial charge on any atom is -0.347 e. The number of rotatable bonds is 5. The Morgan fingerprint density at radius 3 is 2.65 bits per heavy atom. The fourth-order valence-corrected chi connectivity index (χ4v) is 3.61. The fourth-order valence-electron chi connectivity index (χ4n) is 3.13. The lowest BCUT2D eigenvalue weighted by Gasteiger charge is -2.25. The largest absolute Gasteiger partial charge is 0.347 e. The van der Waals surface area contributed by atoms with Crippen molar-refractivity contribution in [1.82, 2.24) is 15.1 Å². The number of amides is 1. The minimum absolute atomic E-state index is 0.0905. The molecular weight excluding hydrogens is 317 g/mol. The van der Waals surface area contributed by atoms with Crippen molar-refractivity contribution in [2.24, 2.45) is 5.92 Å². The molecule has 1 aromatic heterocycles. The number of carbonyl (C=O) groups excluding carboxylic acids is 1. The normalized spacial score (nSPS) is 16.4. The maximum Gasteiger partial charge on any atom is 0.325 e. The van der Waals surface area contributed by atoms with Crippen molar-refractivity contribution in [3.8, 4) is 0 Å². The quantitative estimate of drug-likeness (QED) is 0.913. The average molecular weight is 335 g/mol. The van der Waals surface area contributed by atoms with E-state index < -0.39 is 0 Å². The van der Waals surface area contributed by atoms with Crippen LogP contribution in [0.2, 0.25) is 0 Å². The molecule has 1 aliphatic rings. The molecule has 0 radical (unpaired) electrons. The van der Waals surface area contributed by atoms with E-state index in [-0.39, 0.29) is 29.2 Å². The van der Waals surface area contributed by atoms with Gasteiger partial charge >= 0.3 is 4.87 Å². The van der Waals surface area contributed by atoms with E-state index in [0.29, 0.717) is 5.92 Å². The third-order valence-electron chi connectivity index (χ3n) is 4.26. The van der Waals surface area contributed by atoms with E-state index in [0.717, 1.165) is 47.3 Å². The van der Waals surface area contributed by atoms with Crippen LogP contribution >= 0.6 is 11.3 Å². The van der Waals surface area contributed by atoms with E-state index in [2.05, 4.69) is 10.4 Å². The number of aromatic nitrogens is 2. The van der Waals surface area contributed by atoms with E-state index in [4.69, 9.17) is 0 Å². The molecule has 1 aliphatic carbocycles. The first kappa shape index (κ1) is 15.9. The Morgan fingerprint density at radius 2 is 2.04 bits per heavy atom. The third kappa shape index (κ3) is 3.85. The number of carbonyl (C=O) groups is 1. The molecule has 5 nitrogen and oxygen atoms in total. The Hall–Kier alpha value is -2.02. The lowest BCUT2D eigenvalue weighted by molar-refractivity contribution is -0.123. The predicted octanol–water partition coefficient (Wildman–Crippen LogP) is 2.49. The predicted molar refractivity (Wildman–Crippen MR) is 85.6 cm³/mol. The van der Waals surface area contributed by atoms with Crippen LogP contribution < -0.4 is 10.2 Å². The molecule has 1 N–H and O–H groups in total.